The molecule has 2 aliphatic rings. The number of carbonyl (C=O) groups is 1. The lowest BCUT2D eigenvalue weighted by atomic mass is 9.95. The maximum absolute atomic E-state index is 13.1. The molecule has 10 heteroatoms. The number of benzene rings is 3. The van der Waals surface area contributed by atoms with Gasteiger partial charge in [-0.05, 0) is 92.0 Å². The Hall–Kier alpha value is -3.37. The van der Waals surface area contributed by atoms with E-state index in [0.717, 1.165) is 42.9 Å². The summed E-state index contributed by atoms with van der Waals surface area (Å²) in [6.07, 6.45) is 0.103. The van der Waals surface area contributed by atoms with Crippen LogP contribution in [-0.4, -0.2) is 57.2 Å². The zero-order chi connectivity index (χ0) is 30.6. The number of sulfone groups is 1. The molecule has 0 aromatic heterocycles. The van der Waals surface area contributed by atoms with Crippen LogP contribution in [0.1, 0.15) is 65.6 Å². The molecule has 6 nitrogen and oxygen atoms in total. The van der Waals surface area contributed by atoms with Crippen molar-refractivity contribution in [3.05, 3.63) is 95.1 Å². The van der Waals surface area contributed by atoms with Crippen molar-refractivity contribution in [1.29, 1.82) is 0 Å². The van der Waals surface area contributed by atoms with Gasteiger partial charge in [0, 0.05) is 42.8 Å². The van der Waals surface area contributed by atoms with Gasteiger partial charge in [0.1, 0.15) is 0 Å². The third kappa shape index (κ3) is 7.59. The van der Waals surface area contributed by atoms with Crippen molar-refractivity contribution in [3.63, 3.8) is 0 Å². The van der Waals surface area contributed by atoms with Crippen molar-refractivity contribution < 1.29 is 26.4 Å². The summed E-state index contributed by atoms with van der Waals surface area (Å²) in [5, 5.41) is 2.89. The molecule has 1 amide bonds. The first-order chi connectivity index (χ1) is 20.5. The van der Waals surface area contributed by atoms with Gasteiger partial charge in [-0.15, -0.1) is 0 Å². The first-order valence-electron chi connectivity index (χ1n) is 14.9. The number of likely N-dealkylation sites (tertiary alicyclic amines) is 1. The Morgan fingerprint density at radius 1 is 0.907 bits per heavy atom. The van der Waals surface area contributed by atoms with Crippen LogP contribution < -0.4 is 10.2 Å². The molecule has 3 aromatic rings. The molecule has 2 aliphatic heterocycles. The van der Waals surface area contributed by atoms with E-state index in [9.17, 15) is 26.4 Å². The van der Waals surface area contributed by atoms with Crippen LogP contribution in [0.3, 0.4) is 0 Å². The number of piperidine rings is 1. The quantitative estimate of drug-likeness (QED) is 0.308. The minimum Gasteiger partial charge on any atom is -0.367 e. The van der Waals surface area contributed by atoms with E-state index in [2.05, 4.69) is 15.1 Å². The largest absolute Gasteiger partial charge is 0.416 e. The molecule has 0 aliphatic carbocycles. The highest BCUT2D eigenvalue weighted by atomic mass is 32.2. The van der Waals surface area contributed by atoms with E-state index in [1.807, 2.05) is 12.1 Å². The van der Waals surface area contributed by atoms with Crippen molar-refractivity contribution >= 4 is 21.4 Å². The van der Waals surface area contributed by atoms with Crippen LogP contribution in [0.5, 0.6) is 0 Å². The lowest BCUT2D eigenvalue weighted by molar-refractivity contribution is -0.137. The summed E-state index contributed by atoms with van der Waals surface area (Å²) in [6, 6.07) is 19.8. The Balaban J connectivity index is 1.26. The number of hydrogen-bond donors (Lipinski definition) is 1. The summed E-state index contributed by atoms with van der Waals surface area (Å²) in [5.41, 5.74) is 2.58. The lowest BCUT2D eigenvalue weighted by Crippen LogP contribution is -2.42. The number of nitrogens with one attached hydrogen (secondary N) is 1. The van der Waals surface area contributed by atoms with Gasteiger partial charge in [0.05, 0.1) is 16.2 Å². The number of nitrogens with zero attached hydrogens (tertiary/aromatic N) is 2. The van der Waals surface area contributed by atoms with Gasteiger partial charge in [-0.2, -0.15) is 13.2 Å². The van der Waals surface area contributed by atoms with Crippen LogP contribution >= 0.6 is 0 Å². The lowest BCUT2D eigenvalue weighted by Gasteiger charge is -2.34. The molecule has 5 rings (SSSR count). The zero-order valence-electron chi connectivity index (χ0n) is 24.3. The van der Waals surface area contributed by atoms with E-state index in [-0.39, 0.29) is 35.1 Å². The molecule has 2 atom stereocenters. The highest BCUT2D eigenvalue weighted by Gasteiger charge is 2.35. The van der Waals surface area contributed by atoms with Crippen LogP contribution in [0.25, 0.3) is 0 Å². The Morgan fingerprint density at radius 3 is 2.16 bits per heavy atom. The Labute approximate surface area is 251 Å². The number of amides is 1. The average molecular weight is 614 g/mol. The predicted octanol–water partition coefficient (Wildman–Crippen LogP) is 6.28. The van der Waals surface area contributed by atoms with Crippen molar-refractivity contribution in [3.8, 4) is 0 Å². The SMILES string of the molecule is CCS(=O)(=O)c1ccc(CNC(=O)c2ccc(N3CC(c4ccc(C(F)(F)F)cc4)C[C@H]3CN3CCCCC3)cc2)cc1. The molecule has 3 aromatic carbocycles. The zero-order valence-corrected chi connectivity index (χ0v) is 25.1. The fourth-order valence-corrected chi connectivity index (χ4v) is 6.99. The minimum absolute atomic E-state index is 0.0330. The van der Waals surface area contributed by atoms with Gasteiger partial charge in [-0.3, -0.25) is 4.79 Å². The van der Waals surface area contributed by atoms with Gasteiger partial charge >= 0.3 is 6.18 Å². The summed E-state index contributed by atoms with van der Waals surface area (Å²) in [4.78, 5) is 18.0. The van der Waals surface area contributed by atoms with Crippen LogP contribution in [-0.2, 0) is 22.6 Å². The second kappa shape index (κ2) is 13.1. The summed E-state index contributed by atoms with van der Waals surface area (Å²) in [7, 11) is -3.27. The molecule has 2 fully saturated rings. The molecule has 0 saturated carbocycles. The molecular weight excluding hydrogens is 575 g/mol. The number of rotatable bonds is 9. The highest BCUT2D eigenvalue weighted by Crippen LogP contribution is 2.37. The molecule has 0 spiro atoms. The van der Waals surface area contributed by atoms with E-state index < -0.39 is 21.6 Å². The van der Waals surface area contributed by atoms with Crippen LogP contribution in [0.15, 0.2) is 77.7 Å². The monoisotopic (exact) mass is 613 g/mol. The smallest absolute Gasteiger partial charge is 0.367 e. The van der Waals surface area contributed by atoms with Crippen LogP contribution in [0.4, 0.5) is 18.9 Å². The van der Waals surface area contributed by atoms with Gasteiger partial charge in [-0.25, -0.2) is 8.42 Å². The number of carbonyl (C=O) groups excluding carboxylic acids is 1. The molecule has 1 N–H and O–H groups in total. The number of hydrogen-bond acceptors (Lipinski definition) is 5. The van der Waals surface area contributed by atoms with Crippen molar-refractivity contribution in [2.75, 3.05) is 36.8 Å². The first-order valence-corrected chi connectivity index (χ1v) is 16.5. The van der Waals surface area contributed by atoms with Crippen molar-refractivity contribution in [1.82, 2.24) is 10.2 Å². The molecule has 0 radical (unpaired) electrons. The third-order valence-corrected chi connectivity index (χ3v) is 10.4. The third-order valence-electron chi connectivity index (χ3n) is 8.62. The van der Waals surface area contributed by atoms with Crippen LogP contribution in [0.2, 0.25) is 0 Å². The van der Waals surface area contributed by atoms with E-state index in [1.54, 1.807) is 55.5 Å². The molecule has 1 unspecified atom stereocenters. The molecule has 230 valence electrons. The first kappa shape index (κ1) is 31.1. The Morgan fingerprint density at radius 2 is 1.56 bits per heavy atom. The number of anilines is 1. The number of halogens is 3. The molecular formula is C33H38F3N3O3S. The van der Waals surface area contributed by atoms with Crippen LogP contribution in [0, 0.1) is 0 Å². The summed E-state index contributed by atoms with van der Waals surface area (Å²) in [6.45, 7) is 5.59. The fourth-order valence-electron chi connectivity index (χ4n) is 6.10. The standard InChI is InChI=1S/C33H38F3N3O3S/c1-2-43(41,42)31-16-6-24(7-17-31)21-37-32(40)26-10-14-29(15-11-26)39-22-27(20-30(39)23-38-18-4-3-5-19-38)25-8-12-28(13-9-25)33(34,35)36/h6-17,27,30H,2-5,18-23H2,1H3,(H,37,40)/t27?,30-/m0/s1. The molecule has 0 bridgehead atoms. The molecule has 43 heavy (non-hydrogen) atoms. The fraction of sp³-hybridized carbons (Fsp3) is 0.424. The summed E-state index contributed by atoms with van der Waals surface area (Å²) < 4.78 is 63.4. The molecule has 2 heterocycles. The maximum Gasteiger partial charge on any atom is 0.416 e. The van der Waals surface area contributed by atoms with Gasteiger partial charge in [-0.1, -0.05) is 37.6 Å². The maximum atomic E-state index is 13.1. The van der Waals surface area contributed by atoms with E-state index in [1.165, 1.54) is 31.4 Å². The van der Waals surface area contributed by atoms with Crippen molar-refractivity contribution in [2.45, 2.75) is 62.2 Å². The summed E-state index contributed by atoms with van der Waals surface area (Å²) >= 11 is 0. The highest BCUT2D eigenvalue weighted by molar-refractivity contribution is 7.91. The second-order valence-corrected chi connectivity index (χ2v) is 13.8. The van der Waals surface area contributed by atoms with Crippen molar-refractivity contribution in [2.24, 2.45) is 0 Å². The number of alkyl halides is 3. The van der Waals surface area contributed by atoms with E-state index >= 15 is 0 Å². The Kier molecular flexibility index (Phi) is 9.46. The average Bonchev–Trinajstić information content (AvgIpc) is 3.44. The van der Waals surface area contributed by atoms with Gasteiger partial charge < -0.3 is 15.1 Å². The normalized spacial score (nSPS) is 19.9. The molecule has 2 saturated heterocycles. The van der Waals surface area contributed by atoms with Gasteiger partial charge in [0.2, 0.25) is 0 Å². The van der Waals surface area contributed by atoms with Gasteiger partial charge in [0.15, 0.2) is 9.84 Å². The topological polar surface area (TPSA) is 69.7 Å². The predicted molar refractivity (Wildman–Crippen MR) is 162 cm³/mol. The van der Waals surface area contributed by atoms with E-state index in [4.69, 9.17) is 0 Å². The minimum atomic E-state index is -4.35. The summed E-state index contributed by atoms with van der Waals surface area (Å²) in [5.74, 6) is -0.0879. The second-order valence-electron chi connectivity index (χ2n) is 11.5. The van der Waals surface area contributed by atoms with E-state index in [0.29, 0.717) is 12.1 Å². The van der Waals surface area contributed by atoms with Gasteiger partial charge in [0.25, 0.3) is 5.91 Å². The Bertz CT molecular complexity index is 1490.